The highest BCUT2D eigenvalue weighted by molar-refractivity contribution is 4.88. The van der Waals surface area contributed by atoms with Crippen molar-refractivity contribution in [2.24, 2.45) is 23.7 Å². The Morgan fingerprint density at radius 1 is 0.789 bits per heavy atom. The molecule has 0 saturated heterocycles. The maximum atomic E-state index is 9.49. The van der Waals surface area contributed by atoms with Crippen LogP contribution in [0.3, 0.4) is 0 Å². The average Bonchev–Trinajstić information content (AvgIpc) is 3.30. The van der Waals surface area contributed by atoms with Gasteiger partial charge in [-0.25, -0.2) is 0 Å². The van der Waals surface area contributed by atoms with Gasteiger partial charge in [0.15, 0.2) is 0 Å². The fourth-order valence-electron chi connectivity index (χ4n) is 4.52. The van der Waals surface area contributed by atoms with E-state index < -0.39 is 0 Å². The second-order valence-corrected chi connectivity index (χ2v) is 7.36. The van der Waals surface area contributed by atoms with Crippen molar-refractivity contribution in [3.63, 3.8) is 0 Å². The lowest BCUT2D eigenvalue weighted by atomic mass is 9.78. The van der Waals surface area contributed by atoms with Crippen molar-refractivity contribution in [3.05, 3.63) is 0 Å². The fraction of sp³-hybridized carbons (Fsp3) is 1.00. The maximum absolute atomic E-state index is 9.49. The third kappa shape index (κ3) is 3.72. The lowest BCUT2D eigenvalue weighted by Crippen LogP contribution is -2.40. The van der Waals surface area contributed by atoms with Gasteiger partial charge in [0.05, 0.1) is 0 Å². The molecule has 110 valence electrons. The second kappa shape index (κ2) is 6.58. The first kappa shape index (κ1) is 13.9. The summed E-state index contributed by atoms with van der Waals surface area (Å²) in [7, 11) is 0. The van der Waals surface area contributed by atoms with E-state index in [0.29, 0.717) is 12.5 Å². The minimum atomic E-state index is 0.404. The highest BCUT2D eigenvalue weighted by Crippen LogP contribution is 2.44. The first-order chi connectivity index (χ1) is 9.36. The third-order valence-corrected chi connectivity index (χ3v) is 5.97. The van der Waals surface area contributed by atoms with Crippen molar-refractivity contribution in [2.45, 2.75) is 70.3 Å². The molecule has 0 aromatic rings. The van der Waals surface area contributed by atoms with Crippen molar-refractivity contribution in [1.29, 1.82) is 0 Å². The molecule has 0 bridgehead atoms. The monoisotopic (exact) mass is 265 g/mol. The van der Waals surface area contributed by atoms with Crippen molar-refractivity contribution in [1.82, 2.24) is 5.32 Å². The van der Waals surface area contributed by atoms with E-state index in [-0.39, 0.29) is 0 Å². The van der Waals surface area contributed by atoms with Crippen LogP contribution in [0.2, 0.25) is 0 Å². The van der Waals surface area contributed by atoms with Crippen LogP contribution in [0.15, 0.2) is 0 Å². The van der Waals surface area contributed by atoms with Gasteiger partial charge in [0.25, 0.3) is 0 Å². The van der Waals surface area contributed by atoms with Crippen LogP contribution in [0.1, 0.15) is 64.2 Å². The summed E-state index contributed by atoms with van der Waals surface area (Å²) in [4.78, 5) is 0. The van der Waals surface area contributed by atoms with Gasteiger partial charge in [-0.05, 0) is 68.7 Å². The van der Waals surface area contributed by atoms with Crippen molar-refractivity contribution in [3.8, 4) is 0 Å². The van der Waals surface area contributed by atoms with E-state index in [1.807, 2.05) is 0 Å². The summed E-state index contributed by atoms with van der Waals surface area (Å²) >= 11 is 0. The van der Waals surface area contributed by atoms with E-state index in [2.05, 4.69) is 5.32 Å². The minimum absolute atomic E-state index is 0.404. The summed E-state index contributed by atoms with van der Waals surface area (Å²) in [6, 6.07) is 0.778. The number of rotatable bonds is 5. The van der Waals surface area contributed by atoms with Gasteiger partial charge in [-0.15, -0.1) is 0 Å². The lowest BCUT2D eigenvalue weighted by molar-refractivity contribution is 0.127. The van der Waals surface area contributed by atoms with Crippen LogP contribution in [0.5, 0.6) is 0 Å². The van der Waals surface area contributed by atoms with E-state index in [4.69, 9.17) is 0 Å². The van der Waals surface area contributed by atoms with Gasteiger partial charge in [0.2, 0.25) is 0 Å². The smallest absolute Gasteiger partial charge is 0.0462 e. The molecule has 0 amide bonds. The van der Waals surface area contributed by atoms with Crippen molar-refractivity contribution in [2.75, 3.05) is 13.2 Å². The summed E-state index contributed by atoms with van der Waals surface area (Å²) in [6.07, 6.45) is 14.0. The Bertz CT molecular complexity index is 276. The lowest BCUT2D eigenvalue weighted by Gasteiger charge is -2.34. The van der Waals surface area contributed by atoms with Gasteiger partial charge in [-0.3, -0.25) is 0 Å². The molecule has 3 aliphatic rings. The normalized spacial score (nSPS) is 40.3. The molecule has 3 fully saturated rings. The second-order valence-electron chi connectivity index (χ2n) is 7.36. The Morgan fingerprint density at radius 2 is 1.58 bits per heavy atom. The van der Waals surface area contributed by atoms with Crippen LogP contribution in [-0.2, 0) is 0 Å². The molecule has 2 heteroatoms. The molecular weight excluding hydrogens is 234 g/mol. The van der Waals surface area contributed by atoms with Crippen LogP contribution in [0.4, 0.5) is 0 Å². The first-order valence-corrected chi connectivity index (χ1v) is 8.71. The molecule has 19 heavy (non-hydrogen) atoms. The quantitative estimate of drug-likeness (QED) is 0.799. The molecule has 2 N–H and O–H groups in total. The zero-order chi connectivity index (χ0) is 13.1. The molecule has 4 unspecified atom stereocenters. The molecule has 0 aliphatic heterocycles. The average molecular weight is 265 g/mol. The Morgan fingerprint density at radius 3 is 2.32 bits per heavy atom. The van der Waals surface area contributed by atoms with E-state index >= 15 is 0 Å². The molecule has 2 nitrogen and oxygen atoms in total. The molecule has 0 radical (unpaired) electrons. The standard InChI is InChI=1S/C17H31NO/c19-12-16-5-2-1-4-15(16)11-18-17-7-3-6-14(10-17)13-8-9-13/h13-19H,1-12H2. The highest BCUT2D eigenvalue weighted by Gasteiger charge is 2.35. The summed E-state index contributed by atoms with van der Waals surface area (Å²) in [5.41, 5.74) is 0. The Kier molecular flexibility index (Phi) is 4.81. The number of hydrogen-bond donors (Lipinski definition) is 2. The Balaban J connectivity index is 1.42. The predicted molar refractivity (Wildman–Crippen MR) is 79.0 cm³/mol. The highest BCUT2D eigenvalue weighted by atomic mass is 16.3. The minimum Gasteiger partial charge on any atom is -0.396 e. The summed E-state index contributed by atoms with van der Waals surface area (Å²) in [5.74, 6) is 3.43. The Labute approximate surface area is 118 Å². The van der Waals surface area contributed by atoms with Crippen LogP contribution in [0, 0.1) is 23.7 Å². The van der Waals surface area contributed by atoms with Gasteiger partial charge in [-0.2, -0.15) is 0 Å². The molecular formula is C17H31NO. The zero-order valence-corrected chi connectivity index (χ0v) is 12.3. The van der Waals surface area contributed by atoms with Gasteiger partial charge in [0, 0.05) is 12.6 Å². The van der Waals surface area contributed by atoms with Gasteiger partial charge < -0.3 is 10.4 Å². The van der Waals surface area contributed by atoms with E-state index in [9.17, 15) is 5.11 Å². The third-order valence-electron chi connectivity index (χ3n) is 5.97. The molecule has 3 rings (SSSR count). The van der Waals surface area contributed by atoms with Gasteiger partial charge in [0.1, 0.15) is 0 Å². The number of hydrogen-bond acceptors (Lipinski definition) is 2. The van der Waals surface area contributed by atoms with Crippen molar-refractivity contribution >= 4 is 0 Å². The maximum Gasteiger partial charge on any atom is 0.0462 e. The Hall–Kier alpha value is -0.0800. The number of nitrogens with one attached hydrogen (secondary N) is 1. The largest absolute Gasteiger partial charge is 0.396 e. The fourth-order valence-corrected chi connectivity index (χ4v) is 4.52. The van der Waals surface area contributed by atoms with E-state index in [0.717, 1.165) is 30.3 Å². The predicted octanol–water partition coefficient (Wildman–Crippen LogP) is 3.34. The molecule has 0 aromatic carbocycles. The van der Waals surface area contributed by atoms with E-state index in [1.54, 1.807) is 0 Å². The SMILES string of the molecule is OCC1CCCCC1CNC1CCCC(C2CC2)C1. The summed E-state index contributed by atoms with van der Waals surface area (Å²) in [5, 5.41) is 13.4. The van der Waals surface area contributed by atoms with E-state index in [1.165, 1.54) is 64.2 Å². The first-order valence-electron chi connectivity index (χ1n) is 8.71. The van der Waals surface area contributed by atoms with Crippen LogP contribution >= 0.6 is 0 Å². The summed E-state index contributed by atoms with van der Waals surface area (Å²) < 4.78 is 0. The number of aliphatic hydroxyl groups excluding tert-OH is 1. The summed E-state index contributed by atoms with van der Waals surface area (Å²) in [6.45, 7) is 1.56. The zero-order valence-electron chi connectivity index (χ0n) is 12.3. The van der Waals surface area contributed by atoms with Crippen molar-refractivity contribution < 1.29 is 5.11 Å². The topological polar surface area (TPSA) is 32.3 Å². The van der Waals surface area contributed by atoms with Gasteiger partial charge in [-0.1, -0.05) is 25.7 Å². The van der Waals surface area contributed by atoms with Crippen LogP contribution in [0.25, 0.3) is 0 Å². The molecule has 0 aromatic heterocycles. The molecule has 0 heterocycles. The molecule has 4 atom stereocenters. The molecule has 0 spiro atoms. The molecule has 3 saturated carbocycles. The van der Waals surface area contributed by atoms with Crippen LogP contribution < -0.4 is 5.32 Å². The van der Waals surface area contributed by atoms with Gasteiger partial charge >= 0.3 is 0 Å². The molecule has 3 aliphatic carbocycles. The number of aliphatic hydroxyl groups is 1. The van der Waals surface area contributed by atoms with Crippen LogP contribution in [-0.4, -0.2) is 24.3 Å².